The molecule has 2 nitrogen and oxygen atoms in total. The van der Waals surface area contributed by atoms with Gasteiger partial charge >= 0.3 is 0 Å². The predicted octanol–water partition coefficient (Wildman–Crippen LogP) is 4.33. The topological polar surface area (TPSA) is 24.9 Å². The average molecular weight is 276 g/mol. The average Bonchev–Trinajstić information content (AvgIpc) is 2.82. The number of hydrogen-bond donors (Lipinski definition) is 1. The second-order valence-corrected chi connectivity index (χ2v) is 6.18. The van der Waals surface area contributed by atoms with Crippen LogP contribution in [0.15, 0.2) is 24.3 Å². The van der Waals surface area contributed by atoms with Gasteiger partial charge in [0.2, 0.25) is 5.95 Å². The molecule has 0 spiro atoms. The van der Waals surface area contributed by atoms with Crippen molar-refractivity contribution in [2.24, 2.45) is 0 Å². The second-order valence-electron chi connectivity index (χ2n) is 5.02. The highest BCUT2D eigenvalue weighted by molar-refractivity contribution is 7.12. The number of nitrogens with one attached hydrogen (secondary N) is 1. The van der Waals surface area contributed by atoms with E-state index in [-0.39, 0.29) is 6.04 Å². The molecule has 1 aliphatic rings. The molecule has 0 aliphatic heterocycles. The van der Waals surface area contributed by atoms with Gasteiger partial charge in [-0.1, -0.05) is 6.07 Å². The molecule has 0 bridgehead atoms. The molecule has 0 amide bonds. The molecular formula is C15H17FN2S. The molecule has 4 heteroatoms. The first-order valence-electron chi connectivity index (χ1n) is 6.73. The van der Waals surface area contributed by atoms with Crippen molar-refractivity contribution in [3.05, 3.63) is 45.5 Å². The highest BCUT2D eigenvalue weighted by Gasteiger charge is 2.16. The third kappa shape index (κ3) is 2.78. The standard InChI is InChI=1S/C15H17FN2S/c1-10(17-15-8-4-7-14(16)18-15)13-9-11-5-2-3-6-12(11)19-13/h4,7-10H,2-3,5-6H2,1H3,(H,17,18). The van der Waals surface area contributed by atoms with Crippen LogP contribution in [0.4, 0.5) is 10.2 Å². The summed E-state index contributed by atoms with van der Waals surface area (Å²) in [4.78, 5) is 6.69. The largest absolute Gasteiger partial charge is 0.363 e. The molecule has 1 N–H and O–H groups in total. The monoisotopic (exact) mass is 276 g/mol. The fourth-order valence-corrected chi connectivity index (χ4v) is 3.77. The summed E-state index contributed by atoms with van der Waals surface area (Å²) >= 11 is 1.88. The Hall–Kier alpha value is -1.42. The maximum Gasteiger partial charge on any atom is 0.214 e. The molecule has 0 aromatic carbocycles. The number of fused-ring (bicyclic) bond motifs is 1. The number of thiophene rings is 1. The van der Waals surface area contributed by atoms with E-state index in [1.807, 2.05) is 11.3 Å². The SMILES string of the molecule is CC(Nc1cccc(F)n1)c1cc2c(s1)CCCC2. The van der Waals surface area contributed by atoms with Crippen LogP contribution in [0, 0.1) is 5.95 Å². The number of aryl methyl sites for hydroxylation is 2. The zero-order valence-electron chi connectivity index (χ0n) is 10.9. The van der Waals surface area contributed by atoms with Crippen molar-refractivity contribution in [1.82, 2.24) is 4.98 Å². The van der Waals surface area contributed by atoms with E-state index < -0.39 is 5.95 Å². The Kier molecular flexibility index (Phi) is 3.51. The lowest BCUT2D eigenvalue weighted by Crippen LogP contribution is -2.06. The minimum Gasteiger partial charge on any atom is -0.363 e. The molecule has 2 aromatic heterocycles. The summed E-state index contributed by atoms with van der Waals surface area (Å²) in [5, 5.41) is 3.27. The highest BCUT2D eigenvalue weighted by atomic mass is 32.1. The maximum atomic E-state index is 13.1. The van der Waals surface area contributed by atoms with Gasteiger partial charge in [0.1, 0.15) is 5.82 Å². The third-order valence-corrected chi connectivity index (χ3v) is 4.94. The van der Waals surface area contributed by atoms with Gasteiger partial charge in [-0.15, -0.1) is 11.3 Å². The molecule has 1 atom stereocenters. The van der Waals surface area contributed by atoms with E-state index in [0.717, 1.165) is 0 Å². The van der Waals surface area contributed by atoms with Gasteiger partial charge in [0.15, 0.2) is 0 Å². The van der Waals surface area contributed by atoms with Gasteiger partial charge in [0.25, 0.3) is 0 Å². The van der Waals surface area contributed by atoms with E-state index in [2.05, 4.69) is 23.3 Å². The predicted molar refractivity (Wildman–Crippen MR) is 77.2 cm³/mol. The fraction of sp³-hybridized carbons (Fsp3) is 0.400. The number of aromatic nitrogens is 1. The Morgan fingerprint density at radius 1 is 1.32 bits per heavy atom. The van der Waals surface area contributed by atoms with Gasteiger partial charge in [0.05, 0.1) is 6.04 Å². The molecule has 0 saturated carbocycles. The van der Waals surface area contributed by atoms with Crippen molar-refractivity contribution in [3.8, 4) is 0 Å². The lowest BCUT2D eigenvalue weighted by molar-refractivity contribution is 0.584. The van der Waals surface area contributed by atoms with Crippen LogP contribution in [-0.2, 0) is 12.8 Å². The molecule has 1 unspecified atom stereocenters. The smallest absolute Gasteiger partial charge is 0.214 e. The molecule has 0 saturated heterocycles. The van der Waals surface area contributed by atoms with Gasteiger partial charge in [0, 0.05) is 9.75 Å². The fourth-order valence-electron chi connectivity index (χ4n) is 2.51. The molecule has 0 radical (unpaired) electrons. The van der Waals surface area contributed by atoms with Crippen molar-refractivity contribution in [3.63, 3.8) is 0 Å². The van der Waals surface area contributed by atoms with Gasteiger partial charge < -0.3 is 5.32 Å². The quantitative estimate of drug-likeness (QED) is 0.844. The van der Waals surface area contributed by atoms with Crippen molar-refractivity contribution >= 4 is 17.2 Å². The van der Waals surface area contributed by atoms with Gasteiger partial charge in [-0.3, -0.25) is 0 Å². The normalized spacial score (nSPS) is 15.9. The van der Waals surface area contributed by atoms with Crippen LogP contribution < -0.4 is 5.32 Å². The number of anilines is 1. The minimum absolute atomic E-state index is 0.171. The number of hydrogen-bond acceptors (Lipinski definition) is 3. The molecular weight excluding hydrogens is 259 g/mol. The Labute approximate surface area is 116 Å². The van der Waals surface area contributed by atoms with Crippen LogP contribution in [0.1, 0.15) is 41.1 Å². The molecule has 19 heavy (non-hydrogen) atoms. The molecule has 0 fully saturated rings. The molecule has 3 rings (SSSR count). The summed E-state index contributed by atoms with van der Waals surface area (Å²) in [7, 11) is 0. The van der Waals surface area contributed by atoms with Crippen LogP contribution >= 0.6 is 11.3 Å². The van der Waals surface area contributed by atoms with Crippen LogP contribution in [0.3, 0.4) is 0 Å². The van der Waals surface area contributed by atoms with Crippen LogP contribution in [0.2, 0.25) is 0 Å². The van der Waals surface area contributed by atoms with Gasteiger partial charge in [-0.25, -0.2) is 4.98 Å². The molecule has 1 aliphatic carbocycles. The number of nitrogens with zero attached hydrogens (tertiary/aromatic N) is 1. The van der Waals surface area contributed by atoms with E-state index in [1.165, 1.54) is 47.1 Å². The van der Waals surface area contributed by atoms with Gasteiger partial charge in [-0.05, 0) is 56.4 Å². The number of pyridine rings is 1. The van der Waals surface area contributed by atoms with Crippen molar-refractivity contribution in [2.45, 2.75) is 38.6 Å². The molecule has 2 heterocycles. The van der Waals surface area contributed by atoms with E-state index in [0.29, 0.717) is 5.82 Å². The summed E-state index contributed by atoms with van der Waals surface area (Å²) in [6.07, 6.45) is 5.03. The minimum atomic E-state index is -0.442. The van der Waals surface area contributed by atoms with Gasteiger partial charge in [-0.2, -0.15) is 4.39 Å². The summed E-state index contributed by atoms with van der Waals surface area (Å²) < 4.78 is 13.1. The second kappa shape index (κ2) is 5.29. The van der Waals surface area contributed by atoms with Crippen LogP contribution in [0.25, 0.3) is 0 Å². The summed E-state index contributed by atoms with van der Waals surface area (Å²) in [6.45, 7) is 2.10. The van der Waals surface area contributed by atoms with Crippen molar-refractivity contribution in [1.29, 1.82) is 0 Å². The van der Waals surface area contributed by atoms with E-state index >= 15 is 0 Å². The van der Waals surface area contributed by atoms with Crippen molar-refractivity contribution < 1.29 is 4.39 Å². The lowest BCUT2D eigenvalue weighted by Gasteiger charge is -2.12. The first-order valence-corrected chi connectivity index (χ1v) is 7.54. The Morgan fingerprint density at radius 3 is 2.95 bits per heavy atom. The lowest BCUT2D eigenvalue weighted by atomic mass is 9.99. The van der Waals surface area contributed by atoms with E-state index in [9.17, 15) is 4.39 Å². The zero-order valence-corrected chi connectivity index (χ0v) is 11.8. The molecule has 100 valence electrons. The summed E-state index contributed by atoms with van der Waals surface area (Å²) in [5.41, 5.74) is 1.51. The highest BCUT2D eigenvalue weighted by Crippen LogP contribution is 2.33. The third-order valence-electron chi connectivity index (χ3n) is 3.52. The maximum absolute atomic E-state index is 13.1. The van der Waals surface area contributed by atoms with Crippen molar-refractivity contribution in [2.75, 3.05) is 5.32 Å². The Morgan fingerprint density at radius 2 is 2.16 bits per heavy atom. The van der Waals surface area contributed by atoms with Crippen LogP contribution in [0.5, 0.6) is 0 Å². The summed E-state index contributed by atoms with van der Waals surface area (Å²) in [5.74, 6) is 0.154. The number of rotatable bonds is 3. The first kappa shape index (κ1) is 12.6. The Balaban J connectivity index is 1.76. The van der Waals surface area contributed by atoms with E-state index in [1.54, 1.807) is 12.1 Å². The van der Waals surface area contributed by atoms with Crippen LogP contribution in [-0.4, -0.2) is 4.98 Å². The number of halogens is 1. The first-order chi connectivity index (χ1) is 9.22. The zero-order chi connectivity index (χ0) is 13.2. The van der Waals surface area contributed by atoms with E-state index in [4.69, 9.17) is 0 Å². The molecule has 2 aromatic rings. The Bertz CT molecular complexity index is 556. The summed E-state index contributed by atoms with van der Waals surface area (Å²) in [6, 6.07) is 7.31.